The molecule has 84 valence electrons. The number of rotatable bonds is 1. The summed E-state index contributed by atoms with van der Waals surface area (Å²) < 4.78 is 18.6. The first-order chi connectivity index (χ1) is 8.24. The number of halogens is 1. The molecule has 3 nitrogen and oxygen atoms in total. The van der Waals surface area contributed by atoms with Crippen molar-refractivity contribution in [2.24, 2.45) is 0 Å². The van der Waals surface area contributed by atoms with Crippen LogP contribution in [0.2, 0.25) is 0 Å². The molecule has 17 heavy (non-hydrogen) atoms. The summed E-state index contributed by atoms with van der Waals surface area (Å²) in [6.07, 6.45) is 0. The standard InChI is InChI=1S/C13H9FN2O/c14-8-5-6-12-11(7-8)16-13(17-12)9-3-1-2-4-10(9)15/h1-7H,15H2. The second kappa shape index (κ2) is 3.59. The lowest BCUT2D eigenvalue weighted by Gasteiger charge is -1.98. The zero-order valence-electron chi connectivity index (χ0n) is 8.85. The van der Waals surface area contributed by atoms with Crippen molar-refractivity contribution in [2.45, 2.75) is 0 Å². The molecule has 0 bridgehead atoms. The topological polar surface area (TPSA) is 52.0 Å². The van der Waals surface area contributed by atoms with Crippen LogP contribution in [-0.4, -0.2) is 4.98 Å². The Kier molecular flexibility index (Phi) is 2.08. The predicted molar refractivity (Wildman–Crippen MR) is 63.8 cm³/mol. The van der Waals surface area contributed by atoms with Crippen LogP contribution >= 0.6 is 0 Å². The molecule has 3 rings (SSSR count). The number of aromatic nitrogens is 1. The second-order valence-electron chi connectivity index (χ2n) is 3.72. The molecule has 3 aromatic rings. The van der Waals surface area contributed by atoms with Crippen molar-refractivity contribution in [3.8, 4) is 11.5 Å². The summed E-state index contributed by atoms with van der Waals surface area (Å²) in [6, 6.07) is 11.5. The number of para-hydroxylation sites is 1. The number of nitrogens with zero attached hydrogens (tertiary/aromatic N) is 1. The molecule has 2 aromatic carbocycles. The van der Waals surface area contributed by atoms with Gasteiger partial charge >= 0.3 is 0 Å². The van der Waals surface area contributed by atoms with E-state index in [-0.39, 0.29) is 5.82 Å². The average Bonchev–Trinajstić information content (AvgIpc) is 2.72. The quantitative estimate of drug-likeness (QED) is 0.650. The molecule has 0 amide bonds. The maximum atomic E-state index is 13.0. The van der Waals surface area contributed by atoms with E-state index >= 15 is 0 Å². The zero-order valence-corrected chi connectivity index (χ0v) is 8.85. The molecule has 1 heterocycles. The predicted octanol–water partition coefficient (Wildman–Crippen LogP) is 3.22. The van der Waals surface area contributed by atoms with Crippen LogP contribution in [0.15, 0.2) is 46.9 Å². The molecule has 0 spiro atoms. The Balaban J connectivity index is 2.22. The molecule has 0 atom stereocenters. The summed E-state index contributed by atoms with van der Waals surface area (Å²) in [4.78, 5) is 4.22. The molecular formula is C13H9FN2O. The number of benzene rings is 2. The Morgan fingerprint density at radius 1 is 1.12 bits per heavy atom. The number of nitrogens with two attached hydrogens (primary N) is 1. The third kappa shape index (κ3) is 1.63. The Labute approximate surface area is 96.7 Å². The molecule has 1 aromatic heterocycles. The van der Waals surface area contributed by atoms with Gasteiger partial charge in [-0.2, -0.15) is 0 Å². The minimum absolute atomic E-state index is 0.335. The Morgan fingerprint density at radius 2 is 1.94 bits per heavy atom. The lowest BCUT2D eigenvalue weighted by atomic mass is 10.2. The minimum atomic E-state index is -0.335. The molecule has 4 heteroatoms. The summed E-state index contributed by atoms with van der Waals surface area (Å²) in [7, 11) is 0. The van der Waals surface area contributed by atoms with Gasteiger partial charge in [0.05, 0.1) is 5.56 Å². The lowest BCUT2D eigenvalue weighted by molar-refractivity contribution is 0.614. The van der Waals surface area contributed by atoms with Gasteiger partial charge in [0, 0.05) is 11.8 Å². The van der Waals surface area contributed by atoms with E-state index in [0.29, 0.717) is 28.2 Å². The number of nitrogen functional groups attached to an aromatic ring is 1. The minimum Gasteiger partial charge on any atom is -0.436 e. The van der Waals surface area contributed by atoms with Crippen molar-refractivity contribution >= 4 is 16.8 Å². The largest absolute Gasteiger partial charge is 0.436 e. The van der Waals surface area contributed by atoms with Crippen LogP contribution in [0.1, 0.15) is 0 Å². The smallest absolute Gasteiger partial charge is 0.229 e. The highest BCUT2D eigenvalue weighted by molar-refractivity contribution is 5.79. The fraction of sp³-hybridized carbons (Fsp3) is 0. The molecule has 2 N–H and O–H groups in total. The third-order valence-corrected chi connectivity index (χ3v) is 2.54. The van der Waals surface area contributed by atoms with Gasteiger partial charge in [-0.15, -0.1) is 0 Å². The van der Waals surface area contributed by atoms with Crippen molar-refractivity contribution in [3.05, 3.63) is 48.3 Å². The number of fused-ring (bicyclic) bond motifs is 1. The molecule has 0 saturated carbocycles. The van der Waals surface area contributed by atoms with Gasteiger partial charge in [-0.25, -0.2) is 9.37 Å². The SMILES string of the molecule is Nc1ccccc1-c1nc2cc(F)ccc2o1. The van der Waals surface area contributed by atoms with Crippen molar-refractivity contribution in [3.63, 3.8) is 0 Å². The highest BCUT2D eigenvalue weighted by atomic mass is 19.1. The Hall–Kier alpha value is -2.36. The van der Waals surface area contributed by atoms with E-state index in [0.717, 1.165) is 0 Å². The number of hydrogen-bond acceptors (Lipinski definition) is 3. The third-order valence-electron chi connectivity index (χ3n) is 2.54. The zero-order chi connectivity index (χ0) is 11.8. The summed E-state index contributed by atoms with van der Waals surface area (Å²) in [5.74, 6) is 0.0714. The summed E-state index contributed by atoms with van der Waals surface area (Å²) in [6.45, 7) is 0. The molecule has 0 fully saturated rings. The normalized spacial score (nSPS) is 10.9. The van der Waals surface area contributed by atoms with Gasteiger partial charge < -0.3 is 10.2 Å². The van der Waals surface area contributed by atoms with Crippen LogP contribution in [0, 0.1) is 5.82 Å². The first kappa shape index (κ1) is 9.84. The van der Waals surface area contributed by atoms with Crippen LogP contribution < -0.4 is 5.73 Å². The van der Waals surface area contributed by atoms with Crippen molar-refractivity contribution in [1.82, 2.24) is 4.98 Å². The molecule has 0 radical (unpaired) electrons. The Morgan fingerprint density at radius 3 is 2.76 bits per heavy atom. The molecular weight excluding hydrogens is 219 g/mol. The highest BCUT2D eigenvalue weighted by Gasteiger charge is 2.10. The van der Waals surface area contributed by atoms with E-state index in [1.165, 1.54) is 12.1 Å². The van der Waals surface area contributed by atoms with Gasteiger partial charge in [-0.3, -0.25) is 0 Å². The number of oxazole rings is 1. The molecule has 0 aliphatic heterocycles. The van der Waals surface area contributed by atoms with E-state index in [4.69, 9.17) is 10.2 Å². The van der Waals surface area contributed by atoms with Gasteiger partial charge in [0.1, 0.15) is 11.3 Å². The summed E-state index contributed by atoms with van der Waals surface area (Å²) in [5.41, 5.74) is 8.16. The van der Waals surface area contributed by atoms with Crippen LogP contribution in [0.25, 0.3) is 22.6 Å². The van der Waals surface area contributed by atoms with Gasteiger partial charge in [-0.05, 0) is 24.3 Å². The van der Waals surface area contributed by atoms with E-state index in [1.54, 1.807) is 12.1 Å². The highest BCUT2D eigenvalue weighted by Crippen LogP contribution is 2.28. The fourth-order valence-electron chi connectivity index (χ4n) is 1.71. The van der Waals surface area contributed by atoms with Crippen LogP contribution in [0.4, 0.5) is 10.1 Å². The van der Waals surface area contributed by atoms with Crippen LogP contribution in [0.3, 0.4) is 0 Å². The molecule has 0 unspecified atom stereocenters. The first-order valence-corrected chi connectivity index (χ1v) is 5.15. The maximum Gasteiger partial charge on any atom is 0.229 e. The van der Waals surface area contributed by atoms with E-state index in [9.17, 15) is 4.39 Å². The Bertz CT molecular complexity index is 691. The number of anilines is 1. The van der Waals surface area contributed by atoms with Gasteiger partial charge in [-0.1, -0.05) is 12.1 Å². The van der Waals surface area contributed by atoms with Crippen LogP contribution in [0.5, 0.6) is 0 Å². The summed E-state index contributed by atoms with van der Waals surface area (Å²) >= 11 is 0. The van der Waals surface area contributed by atoms with Gasteiger partial charge in [0.15, 0.2) is 5.58 Å². The molecule has 0 saturated heterocycles. The van der Waals surface area contributed by atoms with Gasteiger partial charge in [0.2, 0.25) is 5.89 Å². The maximum absolute atomic E-state index is 13.0. The lowest BCUT2D eigenvalue weighted by Crippen LogP contribution is -1.88. The first-order valence-electron chi connectivity index (χ1n) is 5.15. The molecule has 0 aliphatic carbocycles. The number of hydrogen-bond donors (Lipinski definition) is 1. The average molecular weight is 228 g/mol. The molecule has 0 aliphatic rings. The van der Waals surface area contributed by atoms with Gasteiger partial charge in [0.25, 0.3) is 0 Å². The van der Waals surface area contributed by atoms with Crippen molar-refractivity contribution in [1.29, 1.82) is 0 Å². The van der Waals surface area contributed by atoms with Crippen molar-refractivity contribution < 1.29 is 8.81 Å². The second-order valence-corrected chi connectivity index (χ2v) is 3.72. The van der Waals surface area contributed by atoms with E-state index < -0.39 is 0 Å². The van der Waals surface area contributed by atoms with E-state index in [1.807, 2.05) is 18.2 Å². The van der Waals surface area contributed by atoms with E-state index in [2.05, 4.69) is 4.98 Å². The fourth-order valence-corrected chi connectivity index (χ4v) is 1.71. The van der Waals surface area contributed by atoms with Crippen LogP contribution in [-0.2, 0) is 0 Å². The monoisotopic (exact) mass is 228 g/mol. The van der Waals surface area contributed by atoms with Crippen molar-refractivity contribution in [2.75, 3.05) is 5.73 Å². The summed E-state index contributed by atoms with van der Waals surface area (Å²) in [5, 5.41) is 0.